The van der Waals surface area contributed by atoms with Gasteiger partial charge in [-0.25, -0.2) is 0 Å². The number of carbonyl (C=O) groups is 3. The van der Waals surface area contributed by atoms with Crippen molar-refractivity contribution in [2.75, 3.05) is 33.9 Å². The van der Waals surface area contributed by atoms with Crippen molar-refractivity contribution in [1.82, 2.24) is 4.90 Å². The van der Waals surface area contributed by atoms with Gasteiger partial charge in [-0.2, -0.15) is 0 Å². The molecule has 0 saturated carbocycles. The molecular formula is C44H77NO6. The second-order valence-electron chi connectivity index (χ2n) is 15.4. The van der Waals surface area contributed by atoms with Gasteiger partial charge in [0.15, 0.2) is 0 Å². The van der Waals surface area contributed by atoms with Crippen molar-refractivity contribution in [3.8, 4) is 0 Å². The van der Waals surface area contributed by atoms with Crippen molar-refractivity contribution >= 4 is 17.9 Å². The van der Waals surface area contributed by atoms with Crippen molar-refractivity contribution in [2.24, 2.45) is 11.3 Å². The predicted octanol–water partition coefficient (Wildman–Crippen LogP) is 11.3. The Morgan fingerprint density at radius 3 is 1.45 bits per heavy atom. The van der Waals surface area contributed by atoms with Crippen molar-refractivity contribution in [1.29, 1.82) is 0 Å². The zero-order valence-corrected chi connectivity index (χ0v) is 33.9. The summed E-state index contributed by atoms with van der Waals surface area (Å²) < 4.78 is 15.9. The van der Waals surface area contributed by atoms with E-state index >= 15 is 0 Å². The van der Waals surface area contributed by atoms with Gasteiger partial charge in [0, 0.05) is 20.4 Å². The molecule has 0 N–H and O–H groups in total. The third-order valence-electron chi connectivity index (χ3n) is 8.77. The van der Waals surface area contributed by atoms with E-state index in [1.165, 1.54) is 78.1 Å². The monoisotopic (exact) mass is 716 g/mol. The lowest BCUT2D eigenvalue weighted by molar-refractivity contribution is -0.152. The van der Waals surface area contributed by atoms with Gasteiger partial charge in [-0.15, -0.1) is 0 Å². The molecule has 0 bridgehead atoms. The van der Waals surface area contributed by atoms with Crippen LogP contribution < -0.4 is 0 Å². The van der Waals surface area contributed by atoms with E-state index in [-0.39, 0.29) is 29.4 Å². The fourth-order valence-corrected chi connectivity index (χ4v) is 6.51. The fraction of sp³-hybridized carbons (Fsp3) is 0.750. The van der Waals surface area contributed by atoms with E-state index in [1.54, 1.807) is 0 Å². The number of hydrogen-bond donors (Lipinski definition) is 0. The van der Waals surface area contributed by atoms with E-state index in [4.69, 9.17) is 14.2 Å². The van der Waals surface area contributed by atoms with Crippen molar-refractivity contribution in [3.05, 3.63) is 48.6 Å². The van der Waals surface area contributed by atoms with Gasteiger partial charge < -0.3 is 19.1 Å². The van der Waals surface area contributed by atoms with Crippen LogP contribution in [-0.2, 0) is 28.6 Å². The van der Waals surface area contributed by atoms with Crippen LogP contribution in [0.2, 0.25) is 0 Å². The Hall–Kier alpha value is -2.67. The number of esters is 3. The third kappa shape index (κ3) is 36.9. The van der Waals surface area contributed by atoms with Crippen molar-refractivity contribution < 1.29 is 28.6 Å². The Balaban J connectivity index is 4.42. The summed E-state index contributed by atoms with van der Waals surface area (Å²) in [5.74, 6) is 0.0205. The number of carbonyl (C=O) groups excluding carboxylic acids is 3. The highest BCUT2D eigenvalue weighted by molar-refractivity contribution is 5.70. The Bertz CT molecular complexity index is 940. The molecule has 1 unspecified atom stereocenters. The number of hydrogen-bond acceptors (Lipinski definition) is 7. The molecule has 0 spiro atoms. The number of unbranched alkanes of at least 4 members (excludes halogenated alkanes) is 12. The van der Waals surface area contributed by atoms with Crippen LogP contribution in [0.5, 0.6) is 0 Å². The van der Waals surface area contributed by atoms with Crippen LogP contribution in [0.4, 0.5) is 0 Å². The summed E-state index contributed by atoms with van der Waals surface area (Å²) >= 11 is 0. The average Bonchev–Trinajstić information content (AvgIpc) is 3.03. The molecule has 0 heterocycles. The highest BCUT2D eigenvalue weighted by Crippen LogP contribution is 2.31. The minimum Gasteiger partial charge on any atom is -0.462 e. The largest absolute Gasteiger partial charge is 0.462 e. The summed E-state index contributed by atoms with van der Waals surface area (Å²) in [6.45, 7) is 11.3. The van der Waals surface area contributed by atoms with E-state index < -0.39 is 0 Å². The van der Waals surface area contributed by atoms with Crippen molar-refractivity contribution in [3.63, 3.8) is 0 Å². The standard InChI is InChI=1S/C44H77NO6/c1-39(38-45(6)7)36-44(4,5)37-43(48)51-42(32-28-24-20-16-12-8-10-14-18-22-26-30-34-49-40(2)46)33-29-25-21-17-13-9-11-15-19-23-27-31-35-50-41(3)47/h14-15,18-19,26-27,30-31,39,42H,8-13,16-17,20-25,28-29,32-38H2,1-7H3/b18-14-,19-15-,30-26-,31-27-. The van der Waals surface area contributed by atoms with Gasteiger partial charge in [0.05, 0.1) is 6.42 Å². The molecule has 0 aromatic rings. The van der Waals surface area contributed by atoms with Gasteiger partial charge in [0.1, 0.15) is 19.3 Å². The highest BCUT2D eigenvalue weighted by atomic mass is 16.5. The Morgan fingerprint density at radius 2 is 1.02 bits per heavy atom. The number of rotatable bonds is 33. The van der Waals surface area contributed by atoms with E-state index in [2.05, 4.69) is 64.1 Å². The smallest absolute Gasteiger partial charge is 0.306 e. The topological polar surface area (TPSA) is 82.1 Å². The number of nitrogens with zero attached hydrogens (tertiary/aromatic N) is 1. The molecule has 0 aliphatic rings. The zero-order valence-electron chi connectivity index (χ0n) is 33.9. The lowest BCUT2D eigenvalue weighted by Gasteiger charge is -2.29. The van der Waals surface area contributed by atoms with Gasteiger partial charge in [-0.05, 0) is 96.1 Å². The summed E-state index contributed by atoms with van der Waals surface area (Å²) in [5.41, 5.74) is -0.0642. The van der Waals surface area contributed by atoms with Gasteiger partial charge in [-0.1, -0.05) is 121 Å². The van der Waals surface area contributed by atoms with Crippen LogP contribution in [0, 0.1) is 11.3 Å². The van der Waals surface area contributed by atoms with E-state index in [0.717, 1.165) is 64.3 Å². The van der Waals surface area contributed by atoms with Crippen LogP contribution in [0.15, 0.2) is 48.6 Å². The SMILES string of the molecule is CC(=O)OC/C=C\C/C=C\CCCCCCCCC(CCCCCCCC/C=C\C/C=C\COC(C)=O)OC(=O)CC(C)(C)CC(C)CN(C)C. The molecular weight excluding hydrogens is 638 g/mol. The number of allylic oxidation sites excluding steroid dienone is 6. The third-order valence-corrected chi connectivity index (χ3v) is 8.77. The first kappa shape index (κ1) is 48.3. The van der Waals surface area contributed by atoms with Gasteiger partial charge in [0.2, 0.25) is 0 Å². The van der Waals surface area contributed by atoms with Gasteiger partial charge >= 0.3 is 17.9 Å². The lowest BCUT2D eigenvalue weighted by Crippen LogP contribution is -2.28. The molecule has 1 atom stereocenters. The second-order valence-corrected chi connectivity index (χ2v) is 15.4. The predicted molar refractivity (Wildman–Crippen MR) is 214 cm³/mol. The molecule has 0 saturated heterocycles. The Kier molecular flexibility index (Phi) is 31.4. The van der Waals surface area contributed by atoms with E-state index in [0.29, 0.717) is 25.6 Å². The molecule has 0 aliphatic carbocycles. The molecule has 0 aliphatic heterocycles. The highest BCUT2D eigenvalue weighted by Gasteiger charge is 2.27. The van der Waals surface area contributed by atoms with Crippen LogP contribution in [0.1, 0.15) is 163 Å². The summed E-state index contributed by atoms with van der Waals surface area (Å²) in [6.07, 6.45) is 38.7. The lowest BCUT2D eigenvalue weighted by atomic mass is 9.80. The van der Waals surface area contributed by atoms with Crippen LogP contribution in [0.25, 0.3) is 0 Å². The summed E-state index contributed by atoms with van der Waals surface area (Å²) in [5, 5.41) is 0. The zero-order chi connectivity index (χ0) is 38.0. The summed E-state index contributed by atoms with van der Waals surface area (Å²) in [7, 11) is 4.21. The minimum absolute atomic E-state index is 0.0251. The van der Waals surface area contributed by atoms with Crippen molar-refractivity contribution in [2.45, 2.75) is 169 Å². The normalized spacial score (nSPS) is 13.0. The summed E-state index contributed by atoms with van der Waals surface area (Å²) in [4.78, 5) is 36.9. The fourth-order valence-electron chi connectivity index (χ4n) is 6.51. The van der Waals surface area contributed by atoms with Gasteiger partial charge in [-0.3, -0.25) is 14.4 Å². The summed E-state index contributed by atoms with van der Waals surface area (Å²) in [6, 6.07) is 0. The molecule has 0 rings (SSSR count). The average molecular weight is 716 g/mol. The molecule has 0 fully saturated rings. The first-order chi connectivity index (χ1) is 24.4. The molecule has 0 radical (unpaired) electrons. The van der Waals surface area contributed by atoms with Crippen LogP contribution >= 0.6 is 0 Å². The molecule has 7 heteroatoms. The maximum atomic E-state index is 13.1. The maximum absolute atomic E-state index is 13.1. The number of ether oxygens (including phenoxy) is 3. The molecule has 0 aromatic carbocycles. The van der Waals surface area contributed by atoms with E-state index in [1.807, 2.05) is 24.3 Å². The van der Waals surface area contributed by atoms with Crippen LogP contribution in [-0.4, -0.2) is 62.8 Å². The van der Waals surface area contributed by atoms with Gasteiger partial charge in [0.25, 0.3) is 0 Å². The molecule has 0 amide bonds. The molecule has 294 valence electrons. The second kappa shape index (κ2) is 33.2. The maximum Gasteiger partial charge on any atom is 0.306 e. The first-order valence-corrected chi connectivity index (χ1v) is 20.1. The quantitative estimate of drug-likeness (QED) is 0.0289. The molecule has 51 heavy (non-hydrogen) atoms. The Labute approximate surface area is 313 Å². The first-order valence-electron chi connectivity index (χ1n) is 20.1. The van der Waals surface area contributed by atoms with E-state index in [9.17, 15) is 14.4 Å². The molecule has 7 nitrogen and oxygen atoms in total. The molecule has 0 aromatic heterocycles. The van der Waals surface area contributed by atoms with Crippen LogP contribution in [0.3, 0.4) is 0 Å². The minimum atomic E-state index is -0.246. The Morgan fingerprint density at radius 1 is 0.608 bits per heavy atom.